The summed E-state index contributed by atoms with van der Waals surface area (Å²) >= 11 is 0. The van der Waals surface area contributed by atoms with E-state index in [1.807, 2.05) is 0 Å². The van der Waals surface area contributed by atoms with Gasteiger partial charge in [-0.05, 0) is 56.9 Å². The molecule has 0 bridgehead atoms. The zero-order valence-corrected chi connectivity index (χ0v) is 12.9. The van der Waals surface area contributed by atoms with Crippen LogP contribution in [0.1, 0.15) is 44.7 Å². The lowest BCUT2D eigenvalue weighted by Gasteiger charge is -2.41. The van der Waals surface area contributed by atoms with Crippen LogP contribution in [0.3, 0.4) is 0 Å². The number of hydrogen-bond donors (Lipinski definition) is 1. The lowest BCUT2D eigenvalue weighted by Crippen LogP contribution is -2.48. The van der Waals surface area contributed by atoms with Gasteiger partial charge in [0, 0.05) is 32.2 Å². The highest BCUT2D eigenvalue weighted by Gasteiger charge is 2.32. The highest BCUT2D eigenvalue weighted by Crippen LogP contribution is 2.31. The molecule has 1 N–H and O–H groups in total. The number of ether oxygens (including phenoxy) is 1. The molecular weight excluding hydrogens is 248 g/mol. The Bertz CT molecular complexity index is 476. The molecule has 0 aromatic heterocycles. The van der Waals surface area contributed by atoms with Crippen LogP contribution in [0, 0.1) is 0 Å². The predicted octanol–water partition coefficient (Wildman–Crippen LogP) is 2.93. The van der Waals surface area contributed by atoms with Crippen molar-refractivity contribution in [3.63, 3.8) is 0 Å². The molecule has 0 spiro atoms. The first-order valence-electron chi connectivity index (χ1n) is 7.81. The molecule has 0 saturated carbocycles. The van der Waals surface area contributed by atoms with E-state index >= 15 is 0 Å². The van der Waals surface area contributed by atoms with E-state index in [0.717, 1.165) is 44.8 Å². The van der Waals surface area contributed by atoms with Crippen LogP contribution in [0.5, 0.6) is 5.75 Å². The number of fused-ring (bicyclic) bond motifs is 1. The fourth-order valence-electron chi connectivity index (χ4n) is 3.23. The summed E-state index contributed by atoms with van der Waals surface area (Å²) in [4.78, 5) is 2.54. The summed E-state index contributed by atoms with van der Waals surface area (Å²) in [5, 5.41) is 3.38. The van der Waals surface area contributed by atoms with Crippen molar-refractivity contribution in [2.75, 3.05) is 13.1 Å². The third-order valence-electron chi connectivity index (χ3n) is 4.76. The van der Waals surface area contributed by atoms with Crippen LogP contribution in [0.25, 0.3) is 0 Å². The van der Waals surface area contributed by atoms with Crippen LogP contribution in [-0.4, -0.2) is 29.6 Å². The number of nitrogens with zero attached hydrogens (tertiary/aromatic N) is 1. The quantitative estimate of drug-likeness (QED) is 0.917. The Morgan fingerprint density at radius 1 is 1.15 bits per heavy atom. The molecule has 20 heavy (non-hydrogen) atoms. The first-order valence-corrected chi connectivity index (χ1v) is 7.81. The Labute approximate surface area is 122 Å². The highest BCUT2D eigenvalue weighted by atomic mass is 16.5. The summed E-state index contributed by atoms with van der Waals surface area (Å²) in [5.41, 5.74) is 2.80. The first-order chi connectivity index (χ1) is 9.56. The molecule has 1 aromatic carbocycles. The second kappa shape index (κ2) is 5.38. The molecule has 3 nitrogen and oxygen atoms in total. The maximum atomic E-state index is 6.34. The van der Waals surface area contributed by atoms with Gasteiger partial charge in [0.25, 0.3) is 0 Å². The van der Waals surface area contributed by atoms with Gasteiger partial charge in [-0.3, -0.25) is 0 Å². The van der Waals surface area contributed by atoms with Gasteiger partial charge in [0.05, 0.1) is 0 Å². The number of piperidine rings is 1. The van der Waals surface area contributed by atoms with Crippen molar-refractivity contribution < 1.29 is 4.74 Å². The largest absolute Gasteiger partial charge is 0.487 e. The topological polar surface area (TPSA) is 24.5 Å². The van der Waals surface area contributed by atoms with Gasteiger partial charge in [0.1, 0.15) is 11.4 Å². The van der Waals surface area contributed by atoms with Crippen LogP contribution in [-0.2, 0) is 13.1 Å². The Hall–Kier alpha value is -1.06. The van der Waals surface area contributed by atoms with E-state index < -0.39 is 0 Å². The van der Waals surface area contributed by atoms with E-state index in [-0.39, 0.29) is 5.60 Å². The van der Waals surface area contributed by atoms with Gasteiger partial charge in [-0.2, -0.15) is 0 Å². The number of rotatable bonds is 3. The zero-order chi connectivity index (χ0) is 14.2. The van der Waals surface area contributed by atoms with Crippen molar-refractivity contribution in [1.82, 2.24) is 10.2 Å². The van der Waals surface area contributed by atoms with Gasteiger partial charge < -0.3 is 15.0 Å². The molecule has 0 aliphatic carbocycles. The van der Waals surface area contributed by atoms with E-state index in [2.05, 4.69) is 49.2 Å². The first kappa shape index (κ1) is 13.9. The van der Waals surface area contributed by atoms with Crippen LogP contribution >= 0.6 is 0 Å². The van der Waals surface area contributed by atoms with Crippen LogP contribution in [0.4, 0.5) is 0 Å². The van der Waals surface area contributed by atoms with Gasteiger partial charge in [0.15, 0.2) is 0 Å². The summed E-state index contributed by atoms with van der Waals surface area (Å²) < 4.78 is 6.34. The van der Waals surface area contributed by atoms with Gasteiger partial charge >= 0.3 is 0 Å². The smallest absolute Gasteiger partial charge is 0.120 e. The normalized spacial score (nSPS) is 22.0. The van der Waals surface area contributed by atoms with E-state index in [4.69, 9.17) is 4.74 Å². The molecule has 0 radical (unpaired) electrons. The lowest BCUT2D eigenvalue weighted by molar-refractivity contribution is 0.00796. The van der Waals surface area contributed by atoms with Gasteiger partial charge in [-0.15, -0.1) is 0 Å². The number of nitrogens with one attached hydrogen (secondary N) is 1. The van der Waals surface area contributed by atoms with Crippen LogP contribution < -0.4 is 10.1 Å². The molecule has 1 aromatic rings. The molecule has 0 atom stereocenters. The summed E-state index contributed by atoms with van der Waals surface area (Å²) in [6, 6.07) is 7.20. The third-order valence-corrected chi connectivity index (χ3v) is 4.76. The minimum atomic E-state index is -0.00827. The van der Waals surface area contributed by atoms with Crippen LogP contribution in [0.15, 0.2) is 18.2 Å². The standard InChI is InChI=1S/C17H26N2O/c1-13(2)19-8-6-17(3,7-9-19)20-16-5-4-14-11-18-12-15(14)10-16/h4-5,10,13,18H,6-9,11-12H2,1-3H3. The average Bonchev–Trinajstić information content (AvgIpc) is 2.86. The summed E-state index contributed by atoms with van der Waals surface area (Å²) in [7, 11) is 0. The van der Waals surface area contributed by atoms with Gasteiger partial charge in [0.2, 0.25) is 0 Å². The highest BCUT2D eigenvalue weighted by molar-refractivity contribution is 5.38. The van der Waals surface area contributed by atoms with Crippen molar-refractivity contribution in [3.8, 4) is 5.75 Å². The predicted molar refractivity (Wildman–Crippen MR) is 82.0 cm³/mol. The lowest BCUT2D eigenvalue weighted by atomic mass is 9.92. The Balaban J connectivity index is 1.65. The van der Waals surface area contributed by atoms with E-state index in [9.17, 15) is 0 Å². The fourth-order valence-corrected chi connectivity index (χ4v) is 3.23. The number of hydrogen-bond acceptors (Lipinski definition) is 3. The number of benzene rings is 1. The monoisotopic (exact) mass is 274 g/mol. The third kappa shape index (κ3) is 2.84. The molecule has 0 unspecified atom stereocenters. The van der Waals surface area contributed by atoms with Crippen molar-refractivity contribution in [2.24, 2.45) is 0 Å². The van der Waals surface area contributed by atoms with E-state index in [1.165, 1.54) is 11.1 Å². The van der Waals surface area contributed by atoms with E-state index in [1.54, 1.807) is 0 Å². The van der Waals surface area contributed by atoms with Crippen molar-refractivity contribution in [1.29, 1.82) is 0 Å². The van der Waals surface area contributed by atoms with Crippen molar-refractivity contribution in [2.45, 2.75) is 58.3 Å². The summed E-state index contributed by atoms with van der Waals surface area (Å²) in [6.07, 6.45) is 2.22. The second-order valence-corrected chi connectivity index (χ2v) is 6.72. The molecule has 2 aliphatic rings. The summed E-state index contributed by atoms with van der Waals surface area (Å²) in [5.74, 6) is 1.04. The maximum Gasteiger partial charge on any atom is 0.120 e. The van der Waals surface area contributed by atoms with Crippen molar-refractivity contribution in [3.05, 3.63) is 29.3 Å². The molecule has 2 heterocycles. The fraction of sp³-hybridized carbons (Fsp3) is 0.647. The maximum absolute atomic E-state index is 6.34. The molecule has 3 heteroatoms. The minimum absolute atomic E-state index is 0.00827. The van der Waals surface area contributed by atoms with Crippen LogP contribution in [0.2, 0.25) is 0 Å². The average molecular weight is 274 g/mol. The van der Waals surface area contributed by atoms with Gasteiger partial charge in [-0.25, -0.2) is 0 Å². The summed E-state index contributed by atoms with van der Waals surface area (Å²) in [6.45, 7) is 11.1. The SMILES string of the molecule is CC(C)N1CCC(C)(Oc2ccc3c(c2)CNC3)CC1. The van der Waals surface area contributed by atoms with E-state index in [0.29, 0.717) is 6.04 Å². The molecule has 1 saturated heterocycles. The Morgan fingerprint density at radius 2 is 1.85 bits per heavy atom. The molecule has 110 valence electrons. The minimum Gasteiger partial charge on any atom is -0.487 e. The Kier molecular flexibility index (Phi) is 3.74. The number of likely N-dealkylation sites (tertiary alicyclic amines) is 1. The Morgan fingerprint density at radius 3 is 2.55 bits per heavy atom. The zero-order valence-electron chi connectivity index (χ0n) is 12.9. The molecule has 0 amide bonds. The molecule has 2 aliphatic heterocycles. The van der Waals surface area contributed by atoms with Gasteiger partial charge in [-0.1, -0.05) is 6.07 Å². The second-order valence-electron chi connectivity index (χ2n) is 6.72. The molecule has 1 fully saturated rings. The molecular formula is C17H26N2O. The molecule has 3 rings (SSSR count). The van der Waals surface area contributed by atoms with Crippen molar-refractivity contribution >= 4 is 0 Å².